The van der Waals surface area contributed by atoms with Gasteiger partial charge in [0.25, 0.3) is 0 Å². The second kappa shape index (κ2) is 3.24. The van der Waals surface area contributed by atoms with Crippen LogP contribution in [0.25, 0.3) is 0 Å². The quantitative estimate of drug-likeness (QED) is 0.579. The summed E-state index contributed by atoms with van der Waals surface area (Å²) in [7, 11) is 1.45. The van der Waals surface area contributed by atoms with Crippen LogP contribution < -0.4 is 0 Å². The molecule has 1 rings (SSSR count). The van der Waals surface area contributed by atoms with Crippen LogP contribution in [0.3, 0.4) is 0 Å². The van der Waals surface area contributed by atoms with Crippen LogP contribution in [0.15, 0.2) is 10.8 Å². The van der Waals surface area contributed by atoms with E-state index in [1.807, 2.05) is 0 Å². The van der Waals surface area contributed by atoms with Crippen LogP contribution in [0.4, 0.5) is 4.39 Å². The van der Waals surface area contributed by atoms with Crippen LogP contribution in [0.2, 0.25) is 0 Å². The summed E-state index contributed by atoms with van der Waals surface area (Å²) in [5.41, 5.74) is 0. The Morgan fingerprint density at radius 2 is 2.40 bits per heavy atom. The molecule has 0 heterocycles. The summed E-state index contributed by atoms with van der Waals surface area (Å²) in [6.07, 6.45) is 1.14. The summed E-state index contributed by atoms with van der Waals surface area (Å²) in [6, 6.07) is 0. The van der Waals surface area contributed by atoms with Gasteiger partial charge in [-0.3, -0.25) is 0 Å². The Labute approximate surface area is 64.8 Å². The first-order valence-electron chi connectivity index (χ1n) is 3.32. The minimum absolute atomic E-state index is 0.327. The van der Waals surface area contributed by atoms with E-state index in [9.17, 15) is 4.39 Å². The molecule has 1 aliphatic carbocycles. The third kappa shape index (κ3) is 1.43. The Hall–Kier alpha value is -0.240. The number of halogens is 2. The van der Waals surface area contributed by atoms with E-state index in [2.05, 4.69) is 0 Å². The number of allylic oxidation sites excluding steroid dienone is 2. The maximum absolute atomic E-state index is 12.8. The van der Waals surface area contributed by atoms with Gasteiger partial charge < -0.3 is 4.74 Å². The molecule has 0 aromatic rings. The van der Waals surface area contributed by atoms with E-state index in [4.69, 9.17) is 16.3 Å². The van der Waals surface area contributed by atoms with Gasteiger partial charge in [0.1, 0.15) is 5.76 Å². The fourth-order valence-corrected chi connectivity index (χ4v) is 1.43. The van der Waals surface area contributed by atoms with Crippen molar-refractivity contribution in [1.29, 1.82) is 0 Å². The average molecular weight is 165 g/mol. The molecule has 0 aliphatic heterocycles. The largest absolute Gasteiger partial charge is 0.497 e. The number of rotatable bonds is 1. The van der Waals surface area contributed by atoms with Gasteiger partial charge in [0.05, 0.1) is 12.1 Å². The highest BCUT2D eigenvalue weighted by Crippen LogP contribution is 2.29. The lowest BCUT2D eigenvalue weighted by Gasteiger charge is -2.18. The van der Waals surface area contributed by atoms with Gasteiger partial charge in [-0.25, -0.2) is 4.39 Å². The number of hydrogen-bond donors (Lipinski definition) is 0. The zero-order valence-electron chi connectivity index (χ0n) is 5.86. The fraction of sp³-hybridized carbons (Fsp3) is 0.714. The summed E-state index contributed by atoms with van der Waals surface area (Å²) in [4.78, 5) is 0. The molecule has 0 radical (unpaired) electrons. The summed E-state index contributed by atoms with van der Waals surface area (Å²) < 4.78 is 17.6. The van der Waals surface area contributed by atoms with Crippen molar-refractivity contribution in [3.8, 4) is 0 Å². The lowest BCUT2D eigenvalue weighted by Crippen LogP contribution is -2.12. The molecule has 1 nitrogen and oxygen atoms in total. The molecular formula is C7H10ClFO. The highest BCUT2D eigenvalue weighted by molar-refractivity contribution is 6.29. The number of methoxy groups -OCH3 is 1. The topological polar surface area (TPSA) is 9.23 Å². The van der Waals surface area contributed by atoms with Crippen molar-refractivity contribution >= 4 is 11.6 Å². The van der Waals surface area contributed by atoms with Gasteiger partial charge >= 0.3 is 0 Å². The van der Waals surface area contributed by atoms with Crippen molar-refractivity contribution in [2.75, 3.05) is 7.11 Å². The maximum Gasteiger partial charge on any atom is 0.158 e. The molecule has 0 saturated carbocycles. The molecule has 0 N–H and O–H groups in total. The lowest BCUT2D eigenvalue weighted by atomic mass is 10.0. The van der Waals surface area contributed by atoms with Crippen molar-refractivity contribution in [2.45, 2.75) is 25.4 Å². The Morgan fingerprint density at radius 3 is 2.80 bits per heavy atom. The van der Waals surface area contributed by atoms with Crippen LogP contribution in [-0.2, 0) is 4.74 Å². The van der Waals surface area contributed by atoms with Crippen molar-refractivity contribution in [3.63, 3.8) is 0 Å². The molecule has 0 spiro atoms. The van der Waals surface area contributed by atoms with Gasteiger partial charge in [0.2, 0.25) is 0 Å². The van der Waals surface area contributed by atoms with Crippen LogP contribution >= 0.6 is 11.6 Å². The highest BCUT2D eigenvalue weighted by atomic mass is 35.5. The Kier molecular flexibility index (Phi) is 2.55. The zero-order chi connectivity index (χ0) is 7.56. The predicted molar refractivity (Wildman–Crippen MR) is 38.6 cm³/mol. The Bertz CT molecular complexity index is 156. The third-order valence-electron chi connectivity index (χ3n) is 1.63. The van der Waals surface area contributed by atoms with Gasteiger partial charge in [-0.15, -0.1) is 0 Å². The second-order valence-electron chi connectivity index (χ2n) is 2.33. The smallest absolute Gasteiger partial charge is 0.158 e. The van der Waals surface area contributed by atoms with Crippen molar-refractivity contribution in [1.82, 2.24) is 0 Å². The summed E-state index contributed by atoms with van der Waals surface area (Å²) in [6.45, 7) is 0. The average Bonchev–Trinajstić information content (AvgIpc) is 1.88. The van der Waals surface area contributed by atoms with E-state index in [1.165, 1.54) is 7.11 Å². The first-order valence-corrected chi connectivity index (χ1v) is 3.70. The molecule has 0 fully saturated rings. The normalized spacial score (nSPS) is 26.9. The third-order valence-corrected chi connectivity index (χ3v) is 2.00. The summed E-state index contributed by atoms with van der Waals surface area (Å²) in [5, 5.41) is 0.543. The highest BCUT2D eigenvalue weighted by Gasteiger charge is 2.21. The van der Waals surface area contributed by atoms with Gasteiger partial charge in [0, 0.05) is 0 Å². The molecule has 0 bridgehead atoms. The van der Waals surface area contributed by atoms with Crippen molar-refractivity contribution < 1.29 is 9.13 Å². The molecule has 0 amide bonds. The molecular weight excluding hydrogens is 155 g/mol. The molecule has 3 heteroatoms. The maximum atomic E-state index is 12.8. The summed E-state index contributed by atoms with van der Waals surface area (Å²) >= 11 is 5.69. The van der Waals surface area contributed by atoms with E-state index in [0.29, 0.717) is 17.2 Å². The van der Waals surface area contributed by atoms with Crippen molar-refractivity contribution in [2.24, 2.45) is 0 Å². The van der Waals surface area contributed by atoms with Gasteiger partial charge in [0.15, 0.2) is 6.17 Å². The zero-order valence-corrected chi connectivity index (χ0v) is 6.62. The standard InChI is InChI=1S/C7H10ClFO/c1-10-7-5(8)3-2-4-6(7)9/h6H,2-4H2,1H3. The lowest BCUT2D eigenvalue weighted by molar-refractivity contribution is 0.184. The van der Waals surface area contributed by atoms with E-state index in [-0.39, 0.29) is 0 Å². The van der Waals surface area contributed by atoms with E-state index >= 15 is 0 Å². The molecule has 0 aromatic heterocycles. The molecule has 0 saturated heterocycles. The Balaban J connectivity index is 2.73. The van der Waals surface area contributed by atoms with Crippen LogP contribution in [0.1, 0.15) is 19.3 Å². The minimum Gasteiger partial charge on any atom is -0.497 e. The number of hydrogen-bond acceptors (Lipinski definition) is 1. The number of alkyl halides is 1. The van der Waals surface area contributed by atoms with Crippen LogP contribution in [0, 0.1) is 0 Å². The first-order chi connectivity index (χ1) is 4.75. The molecule has 1 aliphatic rings. The molecule has 1 atom stereocenters. The van der Waals surface area contributed by atoms with E-state index in [1.54, 1.807) is 0 Å². The monoisotopic (exact) mass is 164 g/mol. The number of ether oxygens (including phenoxy) is 1. The predicted octanol–water partition coefficient (Wildman–Crippen LogP) is 2.61. The molecule has 58 valence electrons. The van der Waals surface area contributed by atoms with Gasteiger partial charge in [-0.05, 0) is 19.3 Å². The van der Waals surface area contributed by atoms with Crippen molar-refractivity contribution in [3.05, 3.63) is 10.8 Å². The fourth-order valence-electron chi connectivity index (χ4n) is 1.10. The minimum atomic E-state index is -0.980. The van der Waals surface area contributed by atoms with Gasteiger partial charge in [-0.2, -0.15) is 0 Å². The van der Waals surface area contributed by atoms with Gasteiger partial charge in [-0.1, -0.05) is 11.6 Å². The van der Waals surface area contributed by atoms with E-state index < -0.39 is 6.17 Å². The molecule has 0 aromatic carbocycles. The van der Waals surface area contributed by atoms with E-state index in [0.717, 1.165) is 12.8 Å². The molecule has 10 heavy (non-hydrogen) atoms. The van der Waals surface area contributed by atoms with Crippen LogP contribution in [0.5, 0.6) is 0 Å². The first kappa shape index (κ1) is 7.86. The summed E-state index contributed by atoms with van der Waals surface area (Å²) in [5.74, 6) is 0.327. The SMILES string of the molecule is COC1=C(Cl)CCCC1F. The Morgan fingerprint density at radius 1 is 1.70 bits per heavy atom. The van der Waals surface area contributed by atoms with Crippen LogP contribution in [-0.4, -0.2) is 13.3 Å². The second-order valence-corrected chi connectivity index (χ2v) is 2.79. The molecule has 1 unspecified atom stereocenters.